The first-order chi connectivity index (χ1) is 13.0. The molecule has 0 saturated carbocycles. The zero-order valence-electron chi connectivity index (χ0n) is 15.6. The third-order valence-corrected chi connectivity index (χ3v) is 4.85. The minimum absolute atomic E-state index is 0.0225. The molecular weight excluding hydrogens is 354 g/mol. The van der Waals surface area contributed by atoms with E-state index >= 15 is 0 Å². The van der Waals surface area contributed by atoms with Crippen LogP contribution in [0.25, 0.3) is 0 Å². The Morgan fingerprint density at radius 3 is 2.37 bits per heavy atom. The van der Waals surface area contributed by atoms with E-state index in [2.05, 4.69) is 5.32 Å². The summed E-state index contributed by atoms with van der Waals surface area (Å²) < 4.78 is 15.9. The van der Waals surface area contributed by atoms with Gasteiger partial charge in [-0.05, 0) is 17.7 Å². The second-order valence-electron chi connectivity index (χ2n) is 6.37. The van der Waals surface area contributed by atoms with Crippen molar-refractivity contribution in [2.45, 2.75) is 12.5 Å². The van der Waals surface area contributed by atoms with Crippen LogP contribution < -0.4 is 19.5 Å². The van der Waals surface area contributed by atoms with E-state index in [1.807, 2.05) is 0 Å². The molecule has 0 aromatic heterocycles. The zero-order chi connectivity index (χ0) is 19.6. The van der Waals surface area contributed by atoms with Gasteiger partial charge in [-0.2, -0.15) is 0 Å². The van der Waals surface area contributed by atoms with Crippen LogP contribution in [0.2, 0.25) is 0 Å². The first-order valence-corrected chi connectivity index (χ1v) is 8.62. The molecule has 1 atom stereocenters. The van der Waals surface area contributed by atoms with Crippen LogP contribution in [-0.4, -0.2) is 81.1 Å². The number of benzene rings is 1. The van der Waals surface area contributed by atoms with Crippen LogP contribution in [0.15, 0.2) is 12.1 Å². The maximum absolute atomic E-state index is 12.8. The number of fused-ring (bicyclic) bond motifs is 1. The lowest BCUT2D eigenvalue weighted by Gasteiger charge is -2.42. The molecule has 146 valence electrons. The van der Waals surface area contributed by atoms with E-state index in [4.69, 9.17) is 14.2 Å². The second kappa shape index (κ2) is 7.73. The Kier molecular flexibility index (Phi) is 5.38. The molecule has 0 spiro atoms. The SMILES string of the molecule is COc1cc(CC(=O)N2CCN3C(=O)CNC(=O)C3C2)cc(OC)c1OC. The van der Waals surface area contributed by atoms with Gasteiger partial charge in [0.15, 0.2) is 11.5 Å². The molecule has 1 aromatic carbocycles. The number of amides is 3. The summed E-state index contributed by atoms with van der Waals surface area (Å²) in [6, 6.07) is 2.84. The number of rotatable bonds is 5. The van der Waals surface area contributed by atoms with E-state index in [9.17, 15) is 14.4 Å². The van der Waals surface area contributed by atoms with Crippen LogP contribution >= 0.6 is 0 Å². The normalized spacial score (nSPS) is 19.3. The Bertz CT molecular complexity index is 740. The Hall–Kier alpha value is -2.97. The highest BCUT2D eigenvalue weighted by Crippen LogP contribution is 2.38. The number of nitrogens with one attached hydrogen (secondary N) is 1. The van der Waals surface area contributed by atoms with Crippen LogP contribution in [0.4, 0.5) is 0 Å². The van der Waals surface area contributed by atoms with Crippen molar-refractivity contribution in [1.29, 1.82) is 0 Å². The molecule has 2 fully saturated rings. The standard InChI is InChI=1S/C18H23N3O6/c1-25-13-6-11(7-14(26-2)17(13)27-3)8-15(22)20-4-5-21-12(10-20)18(24)19-9-16(21)23/h6-7,12H,4-5,8-10H2,1-3H3,(H,19,24). The van der Waals surface area contributed by atoms with E-state index in [-0.39, 0.29) is 37.2 Å². The maximum atomic E-state index is 12.8. The predicted molar refractivity (Wildman–Crippen MR) is 94.9 cm³/mol. The van der Waals surface area contributed by atoms with E-state index in [0.717, 1.165) is 0 Å². The summed E-state index contributed by atoms with van der Waals surface area (Å²) in [5, 5.41) is 2.57. The summed E-state index contributed by atoms with van der Waals surface area (Å²) in [5.74, 6) is 0.941. The average molecular weight is 377 g/mol. The van der Waals surface area contributed by atoms with Crippen LogP contribution in [-0.2, 0) is 20.8 Å². The monoisotopic (exact) mass is 377 g/mol. The minimum atomic E-state index is -0.621. The van der Waals surface area contributed by atoms with Gasteiger partial charge >= 0.3 is 0 Å². The van der Waals surface area contributed by atoms with E-state index in [1.54, 1.807) is 21.9 Å². The average Bonchev–Trinajstić information content (AvgIpc) is 2.69. The highest BCUT2D eigenvalue weighted by molar-refractivity contribution is 5.95. The summed E-state index contributed by atoms with van der Waals surface area (Å²) in [6.07, 6.45) is 0.124. The van der Waals surface area contributed by atoms with Gasteiger partial charge in [0.05, 0.1) is 40.8 Å². The Morgan fingerprint density at radius 2 is 1.78 bits per heavy atom. The lowest BCUT2D eigenvalue weighted by Crippen LogP contribution is -2.66. The summed E-state index contributed by atoms with van der Waals surface area (Å²) in [5.41, 5.74) is 0.709. The number of hydrogen-bond acceptors (Lipinski definition) is 6. The number of methoxy groups -OCH3 is 3. The molecule has 2 aliphatic heterocycles. The van der Waals surface area contributed by atoms with E-state index < -0.39 is 6.04 Å². The molecule has 9 heteroatoms. The summed E-state index contributed by atoms with van der Waals surface area (Å²) in [6.45, 7) is 0.978. The molecular formula is C18H23N3O6. The number of carbonyl (C=O) groups excluding carboxylic acids is 3. The molecule has 1 aromatic rings. The van der Waals surface area contributed by atoms with E-state index in [0.29, 0.717) is 35.9 Å². The second-order valence-corrected chi connectivity index (χ2v) is 6.37. The fourth-order valence-electron chi connectivity index (χ4n) is 3.44. The van der Waals surface area contributed by atoms with Crippen LogP contribution in [0, 0.1) is 0 Å². The molecule has 0 aliphatic carbocycles. The molecule has 0 bridgehead atoms. The van der Waals surface area contributed by atoms with Gasteiger partial charge in [-0.25, -0.2) is 0 Å². The number of carbonyl (C=O) groups is 3. The quantitative estimate of drug-likeness (QED) is 0.738. The molecule has 2 aliphatic rings. The predicted octanol–water partition coefficient (Wildman–Crippen LogP) is -0.576. The van der Waals surface area contributed by atoms with Gasteiger partial charge in [-0.3, -0.25) is 14.4 Å². The fraction of sp³-hybridized carbons (Fsp3) is 0.500. The van der Waals surface area contributed by atoms with Gasteiger partial charge in [-0.15, -0.1) is 0 Å². The summed E-state index contributed by atoms with van der Waals surface area (Å²) >= 11 is 0. The third-order valence-electron chi connectivity index (χ3n) is 4.85. The number of ether oxygens (including phenoxy) is 3. The Morgan fingerprint density at radius 1 is 1.11 bits per heavy atom. The smallest absolute Gasteiger partial charge is 0.245 e. The topological polar surface area (TPSA) is 97.4 Å². The zero-order valence-corrected chi connectivity index (χ0v) is 15.6. The van der Waals surface area contributed by atoms with Crippen LogP contribution in [0.3, 0.4) is 0 Å². The van der Waals surface area contributed by atoms with Crippen molar-refractivity contribution >= 4 is 17.7 Å². The van der Waals surface area contributed by atoms with Gasteiger partial charge in [0.2, 0.25) is 23.5 Å². The first-order valence-electron chi connectivity index (χ1n) is 8.62. The van der Waals surface area contributed by atoms with Gasteiger partial charge in [-0.1, -0.05) is 0 Å². The lowest BCUT2D eigenvalue weighted by molar-refractivity contribution is -0.152. The minimum Gasteiger partial charge on any atom is -0.493 e. The number of hydrogen-bond donors (Lipinski definition) is 1. The molecule has 3 amide bonds. The van der Waals surface area contributed by atoms with Gasteiger partial charge in [0.1, 0.15) is 6.04 Å². The van der Waals surface area contributed by atoms with Crippen LogP contribution in [0.5, 0.6) is 17.2 Å². The number of piperazine rings is 2. The van der Waals surface area contributed by atoms with Gasteiger partial charge in [0, 0.05) is 13.1 Å². The van der Waals surface area contributed by atoms with Gasteiger partial charge in [0.25, 0.3) is 0 Å². The number of nitrogens with zero attached hydrogens (tertiary/aromatic N) is 2. The van der Waals surface area contributed by atoms with Crippen molar-refractivity contribution in [3.63, 3.8) is 0 Å². The molecule has 2 saturated heterocycles. The highest BCUT2D eigenvalue weighted by atomic mass is 16.5. The van der Waals surface area contributed by atoms with Gasteiger partial charge < -0.3 is 29.3 Å². The van der Waals surface area contributed by atoms with Crippen molar-refractivity contribution in [1.82, 2.24) is 15.1 Å². The third kappa shape index (κ3) is 3.62. The molecule has 27 heavy (non-hydrogen) atoms. The fourth-order valence-corrected chi connectivity index (χ4v) is 3.44. The van der Waals surface area contributed by atoms with Crippen molar-refractivity contribution in [2.24, 2.45) is 0 Å². The molecule has 9 nitrogen and oxygen atoms in total. The lowest BCUT2D eigenvalue weighted by atomic mass is 10.1. The highest BCUT2D eigenvalue weighted by Gasteiger charge is 2.39. The van der Waals surface area contributed by atoms with Crippen molar-refractivity contribution < 1.29 is 28.6 Å². The van der Waals surface area contributed by atoms with Crippen molar-refractivity contribution in [3.05, 3.63) is 17.7 Å². The van der Waals surface area contributed by atoms with E-state index in [1.165, 1.54) is 21.3 Å². The molecule has 1 unspecified atom stereocenters. The largest absolute Gasteiger partial charge is 0.493 e. The Labute approximate surface area is 157 Å². The molecule has 3 rings (SSSR count). The first kappa shape index (κ1) is 18.8. The molecule has 1 N–H and O–H groups in total. The summed E-state index contributed by atoms with van der Waals surface area (Å²) in [4.78, 5) is 39.9. The van der Waals surface area contributed by atoms with Crippen LogP contribution in [0.1, 0.15) is 5.56 Å². The van der Waals surface area contributed by atoms with Crippen molar-refractivity contribution in [3.8, 4) is 17.2 Å². The maximum Gasteiger partial charge on any atom is 0.245 e. The molecule has 2 heterocycles. The van der Waals surface area contributed by atoms with Crippen molar-refractivity contribution in [2.75, 3.05) is 47.5 Å². The molecule has 0 radical (unpaired) electrons. The Balaban J connectivity index is 1.74. The summed E-state index contributed by atoms with van der Waals surface area (Å²) in [7, 11) is 4.54.